The van der Waals surface area contributed by atoms with E-state index in [-0.39, 0.29) is 5.41 Å². The highest BCUT2D eigenvalue weighted by atomic mass is 127. The van der Waals surface area contributed by atoms with Gasteiger partial charge in [-0.05, 0) is 40.8 Å². The van der Waals surface area contributed by atoms with Gasteiger partial charge in [0.05, 0.1) is 15.6 Å². The number of nitrogens with zero attached hydrogens (tertiary/aromatic N) is 2. The fourth-order valence-electron chi connectivity index (χ4n) is 1.74. The van der Waals surface area contributed by atoms with E-state index >= 15 is 0 Å². The number of nitrogens with two attached hydrogens (primary N) is 1. The SMILES string of the molecule is N=C(N)CC1(Cn2cc(I)cn2)CC1. The molecule has 0 saturated heterocycles. The highest BCUT2D eigenvalue weighted by Gasteiger charge is 2.43. The molecule has 1 fully saturated rings. The summed E-state index contributed by atoms with van der Waals surface area (Å²) in [4.78, 5) is 0. The van der Waals surface area contributed by atoms with Crippen molar-refractivity contribution in [2.75, 3.05) is 0 Å². The Morgan fingerprint density at radius 2 is 2.43 bits per heavy atom. The zero-order valence-corrected chi connectivity index (χ0v) is 9.99. The minimum atomic E-state index is 0.237. The quantitative estimate of drug-likeness (QED) is 0.504. The molecule has 0 aliphatic heterocycles. The van der Waals surface area contributed by atoms with E-state index in [1.165, 1.54) is 12.8 Å². The van der Waals surface area contributed by atoms with Crippen LogP contribution in [0.15, 0.2) is 12.4 Å². The van der Waals surface area contributed by atoms with Crippen LogP contribution in [0.1, 0.15) is 19.3 Å². The van der Waals surface area contributed by atoms with Gasteiger partial charge in [0.1, 0.15) is 0 Å². The maximum absolute atomic E-state index is 7.31. The molecule has 0 bridgehead atoms. The van der Waals surface area contributed by atoms with Gasteiger partial charge in [-0.3, -0.25) is 10.1 Å². The summed E-state index contributed by atoms with van der Waals surface area (Å²) in [5, 5.41) is 11.6. The Bertz CT molecular complexity index is 353. The lowest BCUT2D eigenvalue weighted by Crippen LogP contribution is -2.20. The van der Waals surface area contributed by atoms with Crippen molar-refractivity contribution in [1.29, 1.82) is 5.41 Å². The van der Waals surface area contributed by atoms with Crippen LogP contribution >= 0.6 is 22.6 Å². The van der Waals surface area contributed by atoms with Gasteiger partial charge in [-0.2, -0.15) is 5.10 Å². The third-order valence-electron chi connectivity index (χ3n) is 2.62. The van der Waals surface area contributed by atoms with Crippen molar-refractivity contribution in [2.45, 2.75) is 25.8 Å². The lowest BCUT2D eigenvalue weighted by atomic mass is 10.0. The van der Waals surface area contributed by atoms with E-state index in [2.05, 4.69) is 27.7 Å². The van der Waals surface area contributed by atoms with Gasteiger partial charge < -0.3 is 5.73 Å². The summed E-state index contributed by atoms with van der Waals surface area (Å²) in [6.07, 6.45) is 6.93. The largest absolute Gasteiger partial charge is 0.388 e. The zero-order chi connectivity index (χ0) is 10.2. The van der Waals surface area contributed by atoms with Gasteiger partial charge in [-0.1, -0.05) is 0 Å². The molecular weight excluding hydrogens is 291 g/mol. The predicted octanol–water partition coefficient (Wildman–Crippen LogP) is 1.59. The van der Waals surface area contributed by atoms with Crippen LogP contribution in [-0.2, 0) is 6.54 Å². The summed E-state index contributed by atoms with van der Waals surface area (Å²) in [7, 11) is 0. The molecule has 3 N–H and O–H groups in total. The third kappa shape index (κ3) is 2.26. The normalized spacial score (nSPS) is 18.1. The maximum atomic E-state index is 7.31. The van der Waals surface area contributed by atoms with E-state index in [1.54, 1.807) is 0 Å². The monoisotopic (exact) mass is 304 g/mol. The molecule has 1 aromatic rings. The van der Waals surface area contributed by atoms with Crippen molar-refractivity contribution in [2.24, 2.45) is 11.1 Å². The molecule has 0 amide bonds. The summed E-state index contributed by atoms with van der Waals surface area (Å²) in [5.74, 6) is 0.296. The number of hydrogen-bond donors (Lipinski definition) is 2. The Morgan fingerprint density at radius 1 is 1.71 bits per heavy atom. The molecule has 14 heavy (non-hydrogen) atoms. The van der Waals surface area contributed by atoms with Gasteiger partial charge in [-0.25, -0.2) is 0 Å². The van der Waals surface area contributed by atoms with E-state index in [9.17, 15) is 0 Å². The fraction of sp³-hybridized carbons (Fsp3) is 0.556. The Labute approximate surface area is 96.5 Å². The Hall–Kier alpha value is -0.590. The van der Waals surface area contributed by atoms with Gasteiger partial charge in [-0.15, -0.1) is 0 Å². The molecule has 1 aromatic heterocycles. The molecule has 5 heteroatoms. The highest BCUT2D eigenvalue weighted by molar-refractivity contribution is 14.1. The average molecular weight is 304 g/mol. The Kier molecular flexibility index (Phi) is 2.50. The Morgan fingerprint density at radius 3 is 2.86 bits per heavy atom. The van der Waals surface area contributed by atoms with Crippen LogP contribution in [0, 0.1) is 14.4 Å². The highest BCUT2D eigenvalue weighted by Crippen LogP contribution is 2.49. The number of nitrogens with one attached hydrogen (secondary N) is 1. The van der Waals surface area contributed by atoms with Gasteiger partial charge in [0, 0.05) is 19.2 Å². The minimum absolute atomic E-state index is 0.237. The first kappa shape index (κ1) is 9.95. The third-order valence-corrected chi connectivity index (χ3v) is 3.18. The molecule has 0 atom stereocenters. The molecule has 0 radical (unpaired) electrons. The van der Waals surface area contributed by atoms with E-state index in [4.69, 9.17) is 11.1 Å². The van der Waals surface area contributed by atoms with Gasteiger partial charge in [0.2, 0.25) is 0 Å². The number of aromatic nitrogens is 2. The van der Waals surface area contributed by atoms with Gasteiger partial charge >= 0.3 is 0 Å². The lowest BCUT2D eigenvalue weighted by molar-refractivity contribution is 0.408. The van der Waals surface area contributed by atoms with Crippen molar-refractivity contribution in [3.8, 4) is 0 Å². The summed E-state index contributed by atoms with van der Waals surface area (Å²) >= 11 is 2.25. The minimum Gasteiger partial charge on any atom is -0.388 e. The predicted molar refractivity (Wildman–Crippen MR) is 63.1 cm³/mol. The lowest BCUT2D eigenvalue weighted by Gasteiger charge is -2.13. The number of hydrogen-bond acceptors (Lipinski definition) is 2. The molecule has 0 spiro atoms. The molecule has 1 aliphatic rings. The second-order valence-corrected chi connectivity index (χ2v) is 5.30. The first-order chi connectivity index (χ1) is 6.60. The van der Waals surface area contributed by atoms with Crippen molar-refractivity contribution in [3.05, 3.63) is 16.0 Å². The first-order valence-electron chi connectivity index (χ1n) is 4.61. The van der Waals surface area contributed by atoms with Crippen LogP contribution in [0.4, 0.5) is 0 Å². The van der Waals surface area contributed by atoms with Gasteiger partial charge in [0.15, 0.2) is 0 Å². The molecule has 1 aliphatic carbocycles. The second kappa shape index (κ2) is 3.52. The summed E-state index contributed by atoms with van der Waals surface area (Å²) in [6, 6.07) is 0. The van der Waals surface area contributed by atoms with E-state index in [0.717, 1.165) is 10.1 Å². The topological polar surface area (TPSA) is 67.7 Å². The van der Waals surface area contributed by atoms with Crippen LogP contribution in [0.2, 0.25) is 0 Å². The average Bonchev–Trinajstić information content (AvgIpc) is 2.67. The summed E-state index contributed by atoms with van der Waals surface area (Å²) in [5.41, 5.74) is 5.67. The molecular formula is C9H13IN4. The second-order valence-electron chi connectivity index (χ2n) is 4.06. The van der Waals surface area contributed by atoms with Crippen LogP contribution in [0.25, 0.3) is 0 Å². The molecule has 0 unspecified atom stereocenters. The summed E-state index contributed by atoms with van der Waals surface area (Å²) in [6.45, 7) is 0.898. The summed E-state index contributed by atoms with van der Waals surface area (Å²) < 4.78 is 3.11. The van der Waals surface area contributed by atoms with Crippen LogP contribution in [0.5, 0.6) is 0 Å². The molecule has 1 saturated carbocycles. The molecule has 2 rings (SSSR count). The van der Waals surface area contributed by atoms with Crippen molar-refractivity contribution < 1.29 is 0 Å². The van der Waals surface area contributed by atoms with E-state index < -0.39 is 0 Å². The van der Waals surface area contributed by atoms with Gasteiger partial charge in [0.25, 0.3) is 0 Å². The number of rotatable bonds is 4. The van der Waals surface area contributed by atoms with Crippen LogP contribution in [-0.4, -0.2) is 15.6 Å². The molecule has 4 nitrogen and oxygen atoms in total. The fourth-order valence-corrected chi connectivity index (χ4v) is 2.19. The molecule has 76 valence electrons. The standard InChI is InChI=1S/C9H13IN4/c10-7-4-13-14(5-7)6-9(1-2-9)3-8(11)12/h4-5H,1-3,6H2,(H3,11,12). The number of amidine groups is 1. The van der Waals surface area contributed by atoms with Crippen LogP contribution in [0.3, 0.4) is 0 Å². The van der Waals surface area contributed by atoms with Crippen molar-refractivity contribution in [1.82, 2.24) is 9.78 Å². The number of halogens is 1. The zero-order valence-electron chi connectivity index (χ0n) is 7.83. The van der Waals surface area contributed by atoms with Crippen LogP contribution < -0.4 is 5.73 Å². The smallest absolute Gasteiger partial charge is 0.0911 e. The Balaban J connectivity index is 2.00. The molecule has 0 aromatic carbocycles. The van der Waals surface area contributed by atoms with Crippen molar-refractivity contribution >= 4 is 28.4 Å². The maximum Gasteiger partial charge on any atom is 0.0911 e. The van der Waals surface area contributed by atoms with Crippen molar-refractivity contribution in [3.63, 3.8) is 0 Å². The van der Waals surface area contributed by atoms with E-state index in [1.807, 2.05) is 17.1 Å². The van der Waals surface area contributed by atoms with E-state index in [0.29, 0.717) is 12.3 Å². The molecule has 1 heterocycles. The first-order valence-corrected chi connectivity index (χ1v) is 5.68.